The third-order valence-corrected chi connectivity index (χ3v) is 5.25. The molecule has 0 bridgehead atoms. The first-order chi connectivity index (χ1) is 11.7. The van der Waals surface area contributed by atoms with Crippen LogP contribution < -0.4 is 10.1 Å². The van der Waals surface area contributed by atoms with E-state index in [0.717, 1.165) is 23.4 Å². The largest absolute Gasteiger partial charge is 0.487 e. The van der Waals surface area contributed by atoms with Crippen molar-refractivity contribution in [1.29, 1.82) is 0 Å². The molecule has 6 nitrogen and oxygen atoms in total. The standard InChI is InChI=1S/C19H26N4O2/c1-12-8-19(24,10-15(20-12)16-11-23(4)22-21-16)14-5-6-17-13(7-14)9-18(2,3)25-17/h5-7,11-12,15,20,24H,8-10H2,1-4H3/t12-,15-,19?/m0/s1. The first-order valence-electron chi connectivity index (χ1n) is 8.91. The van der Waals surface area contributed by atoms with Crippen molar-refractivity contribution in [3.8, 4) is 5.75 Å². The maximum Gasteiger partial charge on any atom is 0.123 e. The highest BCUT2D eigenvalue weighted by atomic mass is 16.5. The molecule has 4 rings (SSSR count). The van der Waals surface area contributed by atoms with E-state index in [4.69, 9.17) is 4.74 Å². The zero-order valence-electron chi connectivity index (χ0n) is 15.3. The van der Waals surface area contributed by atoms with Crippen LogP contribution >= 0.6 is 0 Å². The average molecular weight is 342 g/mol. The van der Waals surface area contributed by atoms with Gasteiger partial charge in [0.15, 0.2) is 0 Å². The monoisotopic (exact) mass is 342 g/mol. The van der Waals surface area contributed by atoms with Gasteiger partial charge in [0, 0.05) is 32.1 Å². The summed E-state index contributed by atoms with van der Waals surface area (Å²) in [5.41, 5.74) is 1.97. The molecule has 1 unspecified atom stereocenters. The first kappa shape index (κ1) is 16.5. The van der Waals surface area contributed by atoms with E-state index in [-0.39, 0.29) is 17.7 Å². The van der Waals surface area contributed by atoms with Gasteiger partial charge in [0.05, 0.1) is 17.3 Å². The van der Waals surface area contributed by atoms with E-state index in [1.807, 2.05) is 25.4 Å². The highest BCUT2D eigenvalue weighted by Crippen LogP contribution is 2.43. The van der Waals surface area contributed by atoms with Gasteiger partial charge in [-0.2, -0.15) is 0 Å². The molecule has 2 aliphatic heterocycles. The lowest BCUT2D eigenvalue weighted by atomic mass is 9.77. The predicted molar refractivity (Wildman–Crippen MR) is 94.3 cm³/mol. The number of aromatic nitrogens is 3. The molecule has 0 spiro atoms. The van der Waals surface area contributed by atoms with E-state index < -0.39 is 5.60 Å². The Morgan fingerprint density at radius 3 is 2.84 bits per heavy atom. The lowest BCUT2D eigenvalue weighted by Gasteiger charge is -2.41. The van der Waals surface area contributed by atoms with Gasteiger partial charge in [0.1, 0.15) is 11.4 Å². The van der Waals surface area contributed by atoms with E-state index in [1.165, 1.54) is 5.56 Å². The van der Waals surface area contributed by atoms with Gasteiger partial charge in [-0.05, 0) is 50.5 Å². The summed E-state index contributed by atoms with van der Waals surface area (Å²) in [7, 11) is 1.86. The second-order valence-electron chi connectivity index (χ2n) is 8.24. The number of piperidine rings is 1. The number of benzene rings is 1. The summed E-state index contributed by atoms with van der Waals surface area (Å²) in [5.74, 6) is 0.935. The minimum Gasteiger partial charge on any atom is -0.487 e. The fourth-order valence-electron chi connectivity index (χ4n) is 4.24. The molecule has 3 heterocycles. The molecule has 0 radical (unpaired) electrons. The second-order valence-corrected chi connectivity index (χ2v) is 8.24. The van der Waals surface area contributed by atoms with Gasteiger partial charge in [-0.15, -0.1) is 5.10 Å². The van der Waals surface area contributed by atoms with E-state index in [2.05, 4.69) is 42.5 Å². The van der Waals surface area contributed by atoms with Gasteiger partial charge in [0.25, 0.3) is 0 Å². The Morgan fingerprint density at radius 1 is 1.32 bits per heavy atom. The van der Waals surface area contributed by atoms with Crippen LogP contribution in [0.25, 0.3) is 0 Å². The molecule has 6 heteroatoms. The number of aliphatic hydroxyl groups is 1. The van der Waals surface area contributed by atoms with Crippen LogP contribution in [-0.4, -0.2) is 31.7 Å². The Labute approximate surface area is 148 Å². The summed E-state index contributed by atoms with van der Waals surface area (Å²) in [6, 6.07) is 6.30. The van der Waals surface area contributed by atoms with Crippen LogP contribution in [0.3, 0.4) is 0 Å². The average Bonchev–Trinajstić information content (AvgIpc) is 3.06. The van der Waals surface area contributed by atoms with Crippen molar-refractivity contribution in [2.45, 2.75) is 63.3 Å². The molecule has 0 saturated carbocycles. The molecule has 2 aromatic rings. The van der Waals surface area contributed by atoms with Crippen molar-refractivity contribution >= 4 is 0 Å². The van der Waals surface area contributed by atoms with E-state index >= 15 is 0 Å². The van der Waals surface area contributed by atoms with Gasteiger partial charge in [-0.1, -0.05) is 11.3 Å². The quantitative estimate of drug-likeness (QED) is 0.876. The lowest BCUT2D eigenvalue weighted by Crippen LogP contribution is -2.47. The zero-order valence-corrected chi connectivity index (χ0v) is 15.3. The number of rotatable bonds is 2. The van der Waals surface area contributed by atoms with Crippen molar-refractivity contribution in [3.05, 3.63) is 41.2 Å². The van der Waals surface area contributed by atoms with Gasteiger partial charge in [0.2, 0.25) is 0 Å². The normalized spacial score (nSPS) is 30.8. The molecule has 1 saturated heterocycles. The number of hydrogen-bond acceptors (Lipinski definition) is 5. The minimum absolute atomic E-state index is 0.0107. The third-order valence-electron chi connectivity index (χ3n) is 5.25. The van der Waals surface area contributed by atoms with Crippen molar-refractivity contribution in [2.75, 3.05) is 0 Å². The molecule has 2 N–H and O–H groups in total. The number of hydrogen-bond donors (Lipinski definition) is 2. The zero-order chi connectivity index (χ0) is 17.8. The van der Waals surface area contributed by atoms with Crippen LogP contribution in [0.1, 0.15) is 56.5 Å². The summed E-state index contributed by atoms with van der Waals surface area (Å²) < 4.78 is 7.67. The minimum atomic E-state index is -0.880. The van der Waals surface area contributed by atoms with Crippen molar-refractivity contribution in [1.82, 2.24) is 20.3 Å². The Kier molecular flexibility index (Phi) is 3.67. The van der Waals surface area contributed by atoms with Gasteiger partial charge in [-0.25, -0.2) is 0 Å². The smallest absolute Gasteiger partial charge is 0.123 e. The Balaban J connectivity index is 1.65. The van der Waals surface area contributed by atoms with Crippen LogP contribution in [0, 0.1) is 0 Å². The molecule has 0 amide bonds. The van der Waals surface area contributed by atoms with Gasteiger partial charge in [-0.3, -0.25) is 4.68 Å². The van der Waals surface area contributed by atoms with Crippen LogP contribution in [-0.2, 0) is 19.1 Å². The lowest BCUT2D eigenvalue weighted by molar-refractivity contribution is -0.0236. The van der Waals surface area contributed by atoms with E-state index in [1.54, 1.807) is 4.68 Å². The van der Waals surface area contributed by atoms with Gasteiger partial charge >= 0.3 is 0 Å². The first-order valence-corrected chi connectivity index (χ1v) is 8.91. The molecule has 1 aromatic carbocycles. The highest BCUT2D eigenvalue weighted by Gasteiger charge is 2.41. The number of nitrogens with zero attached hydrogens (tertiary/aromatic N) is 3. The topological polar surface area (TPSA) is 72.2 Å². The third kappa shape index (κ3) is 3.04. The molecule has 3 atom stereocenters. The molecular weight excluding hydrogens is 316 g/mol. The maximum absolute atomic E-state index is 11.5. The van der Waals surface area contributed by atoms with E-state index in [9.17, 15) is 5.11 Å². The van der Waals surface area contributed by atoms with Crippen molar-refractivity contribution < 1.29 is 9.84 Å². The Morgan fingerprint density at radius 2 is 2.12 bits per heavy atom. The molecule has 25 heavy (non-hydrogen) atoms. The molecule has 1 aromatic heterocycles. The molecule has 1 fully saturated rings. The predicted octanol–water partition coefficient (Wildman–Crippen LogP) is 2.23. The van der Waals surface area contributed by atoms with Crippen molar-refractivity contribution in [2.24, 2.45) is 7.05 Å². The summed E-state index contributed by atoms with van der Waals surface area (Å²) >= 11 is 0. The number of ether oxygens (including phenoxy) is 1. The van der Waals surface area contributed by atoms with Crippen molar-refractivity contribution in [3.63, 3.8) is 0 Å². The summed E-state index contributed by atoms with van der Waals surface area (Å²) in [6.45, 7) is 6.29. The summed E-state index contributed by atoms with van der Waals surface area (Å²) in [5, 5.41) is 23.3. The number of nitrogens with one attached hydrogen (secondary N) is 1. The molecule has 2 aliphatic rings. The van der Waals surface area contributed by atoms with E-state index in [0.29, 0.717) is 12.8 Å². The van der Waals surface area contributed by atoms with Crippen LogP contribution in [0.15, 0.2) is 24.4 Å². The second kappa shape index (κ2) is 5.54. The van der Waals surface area contributed by atoms with Crippen LogP contribution in [0.2, 0.25) is 0 Å². The number of aryl methyl sites for hydroxylation is 1. The fourth-order valence-corrected chi connectivity index (χ4v) is 4.24. The highest BCUT2D eigenvalue weighted by molar-refractivity contribution is 5.43. The molecular formula is C19H26N4O2. The molecule has 134 valence electrons. The fraction of sp³-hybridized carbons (Fsp3) is 0.579. The van der Waals surface area contributed by atoms with Crippen LogP contribution in [0.4, 0.5) is 0 Å². The summed E-state index contributed by atoms with van der Waals surface area (Å²) in [6.07, 6.45) is 4.04. The maximum atomic E-state index is 11.5. The Bertz CT molecular complexity index is 800. The molecule has 0 aliphatic carbocycles. The Hall–Kier alpha value is -1.92. The number of fused-ring (bicyclic) bond motifs is 1. The SMILES string of the molecule is C[C@H]1CC(O)(c2ccc3c(c2)CC(C)(C)O3)C[C@@H](c2cn(C)nn2)N1. The summed E-state index contributed by atoms with van der Waals surface area (Å²) in [4.78, 5) is 0. The van der Waals surface area contributed by atoms with Crippen LogP contribution in [0.5, 0.6) is 5.75 Å². The van der Waals surface area contributed by atoms with Gasteiger partial charge < -0.3 is 15.2 Å².